The van der Waals surface area contributed by atoms with E-state index in [1.807, 2.05) is 12.2 Å². The van der Waals surface area contributed by atoms with Gasteiger partial charge in [-0.2, -0.15) is 0 Å². The van der Waals surface area contributed by atoms with E-state index in [4.69, 9.17) is 16.3 Å². The zero-order valence-electron chi connectivity index (χ0n) is 14.8. The summed E-state index contributed by atoms with van der Waals surface area (Å²) in [5.41, 5.74) is 0.189. The molecule has 0 radical (unpaired) electrons. The van der Waals surface area contributed by atoms with E-state index in [-0.39, 0.29) is 47.3 Å². The number of esters is 1. The van der Waals surface area contributed by atoms with Gasteiger partial charge in [0.25, 0.3) is 5.91 Å². The number of likely N-dealkylation sites (tertiary alicyclic amines) is 1. The number of halogens is 2. The average molecular weight is 409 g/mol. The second kappa shape index (κ2) is 8.52. The van der Waals surface area contributed by atoms with E-state index < -0.39 is 24.3 Å². The number of carbonyl (C=O) groups is 4. The number of allylic oxidation sites excluding steroid dienone is 2. The molecule has 0 spiro atoms. The normalized spacial score (nSPS) is 20.9. The van der Waals surface area contributed by atoms with Gasteiger partial charge in [0.05, 0.1) is 29.0 Å². The first-order valence-electron chi connectivity index (χ1n) is 8.77. The van der Waals surface area contributed by atoms with Gasteiger partial charge in [-0.05, 0) is 31.0 Å². The second-order valence-corrected chi connectivity index (χ2v) is 6.97. The number of nitrogens with one attached hydrogen (secondary N) is 1. The first kappa shape index (κ1) is 20.0. The van der Waals surface area contributed by atoms with Gasteiger partial charge in [0.15, 0.2) is 6.61 Å². The molecule has 1 saturated heterocycles. The van der Waals surface area contributed by atoms with Crippen molar-refractivity contribution >= 4 is 41.0 Å². The average Bonchev–Trinajstić information content (AvgIpc) is 2.91. The summed E-state index contributed by atoms with van der Waals surface area (Å²) in [6.07, 6.45) is 4.63. The summed E-state index contributed by atoms with van der Waals surface area (Å²) in [4.78, 5) is 49.4. The molecule has 148 valence electrons. The molecule has 1 aliphatic heterocycles. The van der Waals surface area contributed by atoms with Crippen molar-refractivity contribution in [2.45, 2.75) is 19.3 Å². The fourth-order valence-corrected chi connectivity index (χ4v) is 3.50. The number of ether oxygens (including phenoxy) is 1. The molecule has 1 aromatic rings. The van der Waals surface area contributed by atoms with E-state index in [1.54, 1.807) is 0 Å². The van der Waals surface area contributed by atoms with E-state index in [1.165, 1.54) is 6.07 Å². The Balaban J connectivity index is 1.44. The van der Waals surface area contributed by atoms with Gasteiger partial charge in [-0.15, -0.1) is 0 Å². The van der Waals surface area contributed by atoms with Crippen LogP contribution in [0.5, 0.6) is 0 Å². The molecular weight excluding hydrogens is 391 g/mol. The Kier molecular flexibility index (Phi) is 6.08. The highest BCUT2D eigenvalue weighted by Gasteiger charge is 2.46. The fourth-order valence-electron chi connectivity index (χ4n) is 3.29. The van der Waals surface area contributed by atoms with Crippen molar-refractivity contribution in [3.63, 3.8) is 0 Å². The molecule has 3 amide bonds. The third kappa shape index (κ3) is 4.39. The number of amides is 3. The summed E-state index contributed by atoms with van der Waals surface area (Å²) in [6, 6.07) is 3.46. The van der Waals surface area contributed by atoms with E-state index in [9.17, 15) is 23.6 Å². The van der Waals surface area contributed by atoms with Crippen molar-refractivity contribution in [2.24, 2.45) is 11.8 Å². The topological polar surface area (TPSA) is 92.8 Å². The van der Waals surface area contributed by atoms with Crippen molar-refractivity contribution in [2.75, 3.05) is 18.5 Å². The standard InChI is InChI=1S/C19H18ClFN2O5/c20-14-9-11(21)5-6-15(14)22-16(24)10-28-17(25)7-8-23-18(26)12-3-1-2-4-13(12)19(23)27/h1-2,5-6,9,12-13H,3-4,7-8,10H2,(H,22,24)/t12-,13-/m0/s1. The van der Waals surface area contributed by atoms with Crippen LogP contribution >= 0.6 is 11.6 Å². The number of benzene rings is 1. The summed E-state index contributed by atoms with van der Waals surface area (Å²) < 4.78 is 17.8. The molecule has 1 N–H and O–H groups in total. The summed E-state index contributed by atoms with van der Waals surface area (Å²) in [5.74, 6) is -3.14. The number of fused-ring (bicyclic) bond motifs is 1. The smallest absolute Gasteiger partial charge is 0.308 e. The molecule has 28 heavy (non-hydrogen) atoms. The minimum absolute atomic E-state index is 0.0155. The molecule has 3 rings (SSSR count). The number of anilines is 1. The maximum absolute atomic E-state index is 13.0. The maximum Gasteiger partial charge on any atom is 0.308 e. The zero-order chi connectivity index (χ0) is 20.3. The molecule has 7 nitrogen and oxygen atoms in total. The Hall–Kier alpha value is -2.74. The third-order valence-electron chi connectivity index (χ3n) is 4.71. The van der Waals surface area contributed by atoms with Gasteiger partial charge in [-0.1, -0.05) is 23.8 Å². The lowest BCUT2D eigenvalue weighted by Gasteiger charge is -2.14. The van der Waals surface area contributed by atoms with E-state index in [0.717, 1.165) is 17.0 Å². The first-order chi connectivity index (χ1) is 13.4. The molecule has 1 heterocycles. The van der Waals surface area contributed by atoms with Crippen molar-refractivity contribution in [3.05, 3.63) is 41.2 Å². The molecule has 1 fully saturated rings. The number of imide groups is 1. The fraction of sp³-hybridized carbons (Fsp3) is 0.368. The highest BCUT2D eigenvalue weighted by atomic mass is 35.5. The summed E-state index contributed by atoms with van der Waals surface area (Å²) >= 11 is 5.80. The van der Waals surface area contributed by atoms with Crippen molar-refractivity contribution in [1.82, 2.24) is 4.90 Å². The van der Waals surface area contributed by atoms with Crippen LogP contribution < -0.4 is 5.32 Å². The van der Waals surface area contributed by atoms with Crippen LogP contribution in [0.1, 0.15) is 19.3 Å². The van der Waals surface area contributed by atoms with Crippen LogP contribution in [0.4, 0.5) is 10.1 Å². The van der Waals surface area contributed by atoms with Crippen molar-refractivity contribution in [1.29, 1.82) is 0 Å². The summed E-state index contributed by atoms with van der Waals surface area (Å²) in [7, 11) is 0. The largest absolute Gasteiger partial charge is 0.456 e. The summed E-state index contributed by atoms with van der Waals surface area (Å²) in [5, 5.41) is 2.41. The van der Waals surface area contributed by atoms with Crippen LogP contribution in [0, 0.1) is 17.7 Å². The lowest BCUT2D eigenvalue weighted by atomic mass is 9.85. The van der Waals surface area contributed by atoms with E-state index in [2.05, 4.69) is 5.32 Å². The molecule has 1 aromatic carbocycles. The Morgan fingerprint density at radius 2 is 1.82 bits per heavy atom. The van der Waals surface area contributed by atoms with Gasteiger partial charge in [0.2, 0.25) is 11.8 Å². The van der Waals surface area contributed by atoms with Gasteiger partial charge >= 0.3 is 5.97 Å². The van der Waals surface area contributed by atoms with E-state index >= 15 is 0 Å². The number of carbonyl (C=O) groups excluding carboxylic acids is 4. The SMILES string of the molecule is O=C(COC(=O)CCN1C(=O)[C@H]2CC=CC[C@@H]2C1=O)Nc1ccc(F)cc1Cl. The number of rotatable bonds is 6. The van der Waals surface area contributed by atoms with Gasteiger partial charge in [-0.3, -0.25) is 24.1 Å². The molecular formula is C19H18ClFN2O5. The predicted molar refractivity (Wildman–Crippen MR) is 97.7 cm³/mol. The quantitative estimate of drug-likeness (QED) is 0.443. The molecule has 0 aromatic heterocycles. The lowest BCUT2D eigenvalue weighted by Crippen LogP contribution is -2.33. The Labute approximate surface area is 165 Å². The van der Waals surface area contributed by atoms with Crippen LogP contribution in [0.15, 0.2) is 30.4 Å². The van der Waals surface area contributed by atoms with Gasteiger partial charge in [0.1, 0.15) is 5.82 Å². The molecule has 2 atom stereocenters. The highest BCUT2D eigenvalue weighted by molar-refractivity contribution is 6.33. The molecule has 9 heteroatoms. The van der Waals surface area contributed by atoms with Crippen LogP contribution in [0.2, 0.25) is 5.02 Å². The van der Waals surface area contributed by atoms with Crippen molar-refractivity contribution < 1.29 is 28.3 Å². The van der Waals surface area contributed by atoms with Crippen LogP contribution in [-0.4, -0.2) is 41.7 Å². The van der Waals surface area contributed by atoms with Gasteiger partial charge in [-0.25, -0.2) is 4.39 Å². The van der Waals surface area contributed by atoms with Crippen molar-refractivity contribution in [3.8, 4) is 0 Å². The number of hydrogen-bond donors (Lipinski definition) is 1. The zero-order valence-corrected chi connectivity index (χ0v) is 15.6. The monoisotopic (exact) mass is 408 g/mol. The molecule has 0 saturated carbocycles. The maximum atomic E-state index is 13.0. The first-order valence-corrected chi connectivity index (χ1v) is 9.15. The molecule has 0 bridgehead atoms. The molecule has 1 aliphatic carbocycles. The minimum Gasteiger partial charge on any atom is -0.456 e. The van der Waals surface area contributed by atoms with Crippen LogP contribution in [-0.2, 0) is 23.9 Å². The van der Waals surface area contributed by atoms with Crippen LogP contribution in [0.25, 0.3) is 0 Å². The Morgan fingerprint density at radius 1 is 1.18 bits per heavy atom. The lowest BCUT2D eigenvalue weighted by molar-refractivity contribution is -0.148. The van der Waals surface area contributed by atoms with E-state index in [0.29, 0.717) is 12.8 Å². The van der Waals surface area contributed by atoms with Crippen LogP contribution in [0.3, 0.4) is 0 Å². The number of nitrogens with zero attached hydrogens (tertiary/aromatic N) is 1. The third-order valence-corrected chi connectivity index (χ3v) is 5.02. The molecule has 2 aliphatic rings. The highest BCUT2D eigenvalue weighted by Crippen LogP contribution is 2.35. The minimum atomic E-state index is -0.714. The Morgan fingerprint density at radius 3 is 2.43 bits per heavy atom. The number of hydrogen-bond acceptors (Lipinski definition) is 5. The van der Waals surface area contributed by atoms with Gasteiger partial charge in [0, 0.05) is 6.54 Å². The van der Waals surface area contributed by atoms with Gasteiger partial charge < -0.3 is 10.1 Å². The molecule has 0 unspecified atom stereocenters. The Bertz CT molecular complexity index is 831. The predicted octanol–water partition coefficient (Wildman–Crippen LogP) is 2.30. The summed E-state index contributed by atoms with van der Waals surface area (Å²) in [6.45, 7) is -0.640. The second-order valence-electron chi connectivity index (χ2n) is 6.57.